The maximum absolute atomic E-state index is 13.2. The van der Waals surface area contributed by atoms with Crippen LogP contribution < -0.4 is 10.2 Å². The molecule has 0 saturated carbocycles. The van der Waals surface area contributed by atoms with Gasteiger partial charge in [-0.3, -0.25) is 9.59 Å². The van der Waals surface area contributed by atoms with Gasteiger partial charge in [-0.25, -0.2) is 0 Å². The molecule has 0 bridgehead atoms. The zero-order valence-electron chi connectivity index (χ0n) is 20.8. The van der Waals surface area contributed by atoms with Crippen LogP contribution in [0.2, 0.25) is 0 Å². The number of piperazine rings is 1. The Kier molecular flexibility index (Phi) is 6.50. The third-order valence-corrected chi connectivity index (χ3v) is 7.96. The van der Waals surface area contributed by atoms with Crippen LogP contribution in [0.1, 0.15) is 42.4 Å². The lowest BCUT2D eigenvalue weighted by atomic mass is 9.84. The van der Waals surface area contributed by atoms with E-state index in [9.17, 15) is 9.59 Å². The second-order valence-electron chi connectivity index (χ2n) is 10.3. The zero-order chi connectivity index (χ0) is 24.4. The lowest BCUT2D eigenvalue weighted by Gasteiger charge is -2.38. The van der Waals surface area contributed by atoms with Crippen molar-refractivity contribution < 1.29 is 9.59 Å². The smallest absolute Gasteiger partial charge is 0.222 e. The van der Waals surface area contributed by atoms with Gasteiger partial charge in [0.05, 0.1) is 0 Å². The van der Waals surface area contributed by atoms with Crippen LogP contribution in [-0.2, 0) is 16.0 Å². The van der Waals surface area contributed by atoms with Gasteiger partial charge < -0.3 is 15.1 Å². The normalized spacial score (nSPS) is 20.3. The van der Waals surface area contributed by atoms with Gasteiger partial charge in [0.15, 0.2) is 0 Å². The van der Waals surface area contributed by atoms with Crippen molar-refractivity contribution in [3.8, 4) is 0 Å². The third kappa shape index (κ3) is 5.04. The van der Waals surface area contributed by atoms with Crippen LogP contribution in [0.15, 0.2) is 60.7 Å². The molecule has 0 spiro atoms. The molecule has 2 saturated heterocycles. The largest absolute Gasteiger partial charge is 0.368 e. The number of nitrogens with one attached hydrogen (secondary N) is 1. The fraction of sp³-hybridized carbons (Fsp3) is 0.400. The van der Waals surface area contributed by atoms with E-state index in [1.165, 1.54) is 33.2 Å². The number of rotatable bonds is 6. The first kappa shape index (κ1) is 23.4. The second kappa shape index (κ2) is 9.73. The van der Waals surface area contributed by atoms with Crippen molar-refractivity contribution >= 4 is 28.3 Å². The van der Waals surface area contributed by atoms with Crippen molar-refractivity contribution in [2.24, 2.45) is 0 Å². The second-order valence-corrected chi connectivity index (χ2v) is 10.3. The fourth-order valence-electron chi connectivity index (χ4n) is 5.70. The molecule has 2 fully saturated rings. The Morgan fingerprint density at radius 3 is 2.46 bits per heavy atom. The highest BCUT2D eigenvalue weighted by Gasteiger charge is 2.38. The molecule has 0 unspecified atom stereocenters. The Balaban J connectivity index is 1.21. The fourth-order valence-corrected chi connectivity index (χ4v) is 5.70. The van der Waals surface area contributed by atoms with Crippen LogP contribution in [-0.4, -0.2) is 48.4 Å². The molecular weight excluding hydrogens is 434 g/mol. The van der Waals surface area contributed by atoms with Gasteiger partial charge in [0.2, 0.25) is 11.8 Å². The van der Waals surface area contributed by atoms with Gasteiger partial charge in [-0.2, -0.15) is 0 Å². The van der Waals surface area contributed by atoms with E-state index in [0.717, 1.165) is 39.0 Å². The van der Waals surface area contributed by atoms with Gasteiger partial charge in [-0.1, -0.05) is 54.6 Å². The number of aryl methyl sites for hydroxylation is 1. The first-order chi connectivity index (χ1) is 16.9. The summed E-state index contributed by atoms with van der Waals surface area (Å²) >= 11 is 0. The van der Waals surface area contributed by atoms with Crippen LogP contribution in [0, 0.1) is 13.8 Å². The molecule has 5 rings (SSSR count). The van der Waals surface area contributed by atoms with Gasteiger partial charge in [-0.15, -0.1) is 0 Å². The van der Waals surface area contributed by atoms with Gasteiger partial charge in [0, 0.05) is 50.2 Å². The molecule has 1 atom stereocenters. The lowest BCUT2D eigenvalue weighted by Crippen LogP contribution is -2.50. The Labute approximate surface area is 208 Å². The van der Waals surface area contributed by atoms with E-state index >= 15 is 0 Å². The summed E-state index contributed by atoms with van der Waals surface area (Å²) in [6, 6.07) is 21.3. The van der Waals surface area contributed by atoms with Crippen molar-refractivity contribution in [1.82, 2.24) is 10.2 Å². The first-order valence-electron chi connectivity index (χ1n) is 12.8. The van der Waals surface area contributed by atoms with Crippen molar-refractivity contribution in [2.45, 2.75) is 51.5 Å². The quantitative estimate of drug-likeness (QED) is 0.565. The molecule has 2 aliphatic heterocycles. The molecule has 0 radical (unpaired) electrons. The number of hydrogen-bond donors (Lipinski definition) is 1. The Hall–Kier alpha value is -3.34. The molecule has 35 heavy (non-hydrogen) atoms. The summed E-state index contributed by atoms with van der Waals surface area (Å²) in [6.45, 7) is 7.53. The number of anilines is 1. The number of benzene rings is 3. The minimum absolute atomic E-state index is 0.0976. The molecule has 2 amide bonds. The number of amides is 2. The molecule has 0 aliphatic carbocycles. The lowest BCUT2D eigenvalue weighted by molar-refractivity contribution is -0.132. The van der Waals surface area contributed by atoms with E-state index in [4.69, 9.17) is 0 Å². The standard InChI is InChI=1S/C30H35N3O2/c1-22-6-5-9-27(23(22)2)32-16-18-33(19-17-32)29(35)13-15-30(14-12-28(34)31-30)21-24-10-11-25-7-3-4-8-26(25)20-24/h3-11,20H,12-19,21H2,1-2H3,(H,31,34)/t30-/m0/s1. The Morgan fingerprint density at radius 2 is 1.71 bits per heavy atom. The SMILES string of the molecule is Cc1cccc(N2CCN(C(=O)CC[C@]3(Cc4ccc5ccccc5c4)CCC(=O)N3)CC2)c1C. The molecular formula is C30H35N3O2. The summed E-state index contributed by atoms with van der Waals surface area (Å²) in [5.41, 5.74) is 4.77. The molecule has 182 valence electrons. The van der Waals surface area contributed by atoms with Gasteiger partial charge in [-0.05, 0) is 66.6 Å². The van der Waals surface area contributed by atoms with E-state index in [1.807, 2.05) is 11.0 Å². The van der Waals surface area contributed by atoms with Crippen molar-refractivity contribution in [3.05, 3.63) is 77.4 Å². The molecule has 3 aromatic rings. The first-order valence-corrected chi connectivity index (χ1v) is 12.8. The number of fused-ring (bicyclic) bond motifs is 1. The molecule has 5 heteroatoms. The molecule has 3 aromatic carbocycles. The maximum Gasteiger partial charge on any atom is 0.222 e. The van der Waals surface area contributed by atoms with Gasteiger partial charge >= 0.3 is 0 Å². The van der Waals surface area contributed by atoms with Crippen LogP contribution in [0.3, 0.4) is 0 Å². The highest BCUT2D eigenvalue weighted by Crippen LogP contribution is 2.31. The maximum atomic E-state index is 13.2. The van der Waals surface area contributed by atoms with E-state index in [0.29, 0.717) is 19.3 Å². The van der Waals surface area contributed by atoms with Crippen molar-refractivity contribution in [1.29, 1.82) is 0 Å². The van der Waals surface area contributed by atoms with Gasteiger partial charge in [0.25, 0.3) is 0 Å². The number of carbonyl (C=O) groups excluding carboxylic acids is 2. The molecule has 5 nitrogen and oxygen atoms in total. The topological polar surface area (TPSA) is 52.7 Å². The molecule has 2 aliphatic rings. The van der Waals surface area contributed by atoms with E-state index in [2.05, 4.69) is 78.7 Å². The van der Waals surface area contributed by atoms with Crippen molar-refractivity contribution in [2.75, 3.05) is 31.1 Å². The van der Waals surface area contributed by atoms with E-state index in [1.54, 1.807) is 0 Å². The van der Waals surface area contributed by atoms with Crippen LogP contribution in [0.4, 0.5) is 5.69 Å². The summed E-state index contributed by atoms with van der Waals surface area (Å²) < 4.78 is 0. The number of carbonyl (C=O) groups is 2. The predicted octanol–water partition coefficient (Wildman–Crippen LogP) is 4.78. The molecule has 0 aromatic heterocycles. The van der Waals surface area contributed by atoms with E-state index in [-0.39, 0.29) is 17.4 Å². The predicted molar refractivity (Wildman–Crippen MR) is 142 cm³/mol. The molecule has 2 heterocycles. The average Bonchev–Trinajstić information content (AvgIpc) is 3.24. The minimum atomic E-state index is -0.338. The van der Waals surface area contributed by atoms with Gasteiger partial charge in [0.1, 0.15) is 0 Å². The summed E-state index contributed by atoms with van der Waals surface area (Å²) in [5, 5.41) is 5.67. The highest BCUT2D eigenvalue weighted by molar-refractivity contribution is 5.83. The van der Waals surface area contributed by atoms with Crippen LogP contribution >= 0.6 is 0 Å². The third-order valence-electron chi connectivity index (χ3n) is 7.96. The van der Waals surface area contributed by atoms with Crippen molar-refractivity contribution in [3.63, 3.8) is 0 Å². The molecule has 1 N–H and O–H groups in total. The minimum Gasteiger partial charge on any atom is -0.368 e. The number of hydrogen-bond acceptors (Lipinski definition) is 3. The van der Waals surface area contributed by atoms with E-state index < -0.39 is 0 Å². The van der Waals surface area contributed by atoms with Crippen LogP contribution in [0.5, 0.6) is 0 Å². The number of nitrogens with zero attached hydrogens (tertiary/aromatic N) is 2. The average molecular weight is 470 g/mol. The Bertz CT molecular complexity index is 1250. The summed E-state index contributed by atoms with van der Waals surface area (Å²) in [5.74, 6) is 0.296. The van der Waals surface area contributed by atoms with Crippen LogP contribution in [0.25, 0.3) is 10.8 Å². The summed E-state index contributed by atoms with van der Waals surface area (Å²) in [7, 11) is 0. The monoisotopic (exact) mass is 469 g/mol. The summed E-state index contributed by atoms with van der Waals surface area (Å²) in [6.07, 6.45) is 3.23. The summed E-state index contributed by atoms with van der Waals surface area (Å²) in [4.78, 5) is 29.8. The highest BCUT2D eigenvalue weighted by atomic mass is 16.2. The zero-order valence-corrected chi connectivity index (χ0v) is 20.8. The Morgan fingerprint density at radius 1 is 0.943 bits per heavy atom.